The Morgan fingerprint density at radius 2 is 1.32 bits per heavy atom. The SMILES string of the molecule is O=C(O)c1ccccc1N=Nc1ccc(Nc2ccccc2)c2ccccc12. The second kappa shape index (κ2) is 7.72. The molecule has 28 heavy (non-hydrogen) atoms. The van der Waals surface area contributed by atoms with Gasteiger partial charge in [0.1, 0.15) is 5.69 Å². The van der Waals surface area contributed by atoms with Crippen LogP contribution >= 0.6 is 0 Å². The Kier molecular flexibility index (Phi) is 4.80. The molecule has 0 radical (unpaired) electrons. The van der Waals surface area contributed by atoms with Crippen LogP contribution in [0.3, 0.4) is 0 Å². The number of nitrogens with zero attached hydrogens (tertiary/aromatic N) is 2. The monoisotopic (exact) mass is 367 g/mol. The van der Waals surface area contributed by atoms with Crippen molar-refractivity contribution in [2.24, 2.45) is 10.2 Å². The van der Waals surface area contributed by atoms with Crippen LogP contribution in [-0.2, 0) is 0 Å². The third-order valence-corrected chi connectivity index (χ3v) is 4.35. The zero-order valence-electron chi connectivity index (χ0n) is 14.9. The van der Waals surface area contributed by atoms with Crippen LogP contribution in [0.15, 0.2) is 101 Å². The van der Waals surface area contributed by atoms with Crippen molar-refractivity contribution in [3.63, 3.8) is 0 Å². The van der Waals surface area contributed by atoms with E-state index in [0.717, 1.165) is 22.1 Å². The van der Waals surface area contributed by atoms with Crippen molar-refractivity contribution in [1.82, 2.24) is 0 Å². The van der Waals surface area contributed by atoms with E-state index in [1.165, 1.54) is 6.07 Å². The van der Waals surface area contributed by atoms with Crippen molar-refractivity contribution in [3.8, 4) is 0 Å². The highest BCUT2D eigenvalue weighted by atomic mass is 16.4. The van der Waals surface area contributed by atoms with Crippen molar-refractivity contribution in [1.29, 1.82) is 0 Å². The van der Waals surface area contributed by atoms with Crippen molar-refractivity contribution in [2.45, 2.75) is 0 Å². The minimum absolute atomic E-state index is 0.123. The van der Waals surface area contributed by atoms with Gasteiger partial charge < -0.3 is 10.4 Å². The minimum atomic E-state index is -1.03. The van der Waals surface area contributed by atoms with Gasteiger partial charge in [0.15, 0.2) is 0 Å². The molecule has 4 aromatic rings. The Bertz CT molecular complexity index is 1170. The van der Waals surface area contributed by atoms with Crippen molar-refractivity contribution in [3.05, 3.63) is 96.6 Å². The van der Waals surface area contributed by atoms with Gasteiger partial charge in [-0.05, 0) is 36.4 Å². The normalized spacial score (nSPS) is 11.0. The molecular formula is C23H17N3O2. The van der Waals surface area contributed by atoms with Crippen LogP contribution in [-0.4, -0.2) is 11.1 Å². The first-order chi connectivity index (χ1) is 13.7. The lowest BCUT2D eigenvalue weighted by Gasteiger charge is -2.11. The first-order valence-corrected chi connectivity index (χ1v) is 8.80. The molecule has 0 aliphatic rings. The van der Waals surface area contributed by atoms with Gasteiger partial charge in [0.05, 0.1) is 11.3 Å². The Balaban J connectivity index is 1.74. The molecule has 5 nitrogen and oxygen atoms in total. The summed E-state index contributed by atoms with van der Waals surface area (Å²) in [5, 5.41) is 23.2. The van der Waals surface area contributed by atoms with Crippen LogP contribution in [0.1, 0.15) is 10.4 Å². The predicted octanol–water partition coefficient (Wildman–Crippen LogP) is 6.70. The minimum Gasteiger partial charge on any atom is -0.478 e. The fourth-order valence-electron chi connectivity index (χ4n) is 3.01. The maximum atomic E-state index is 11.4. The Morgan fingerprint density at radius 1 is 0.679 bits per heavy atom. The number of carboxylic acids is 1. The number of nitrogens with one attached hydrogen (secondary N) is 1. The maximum absolute atomic E-state index is 11.4. The number of aromatic carboxylic acids is 1. The van der Waals surface area contributed by atoms with Crippen LogP contribution in [0, 0.1) is 0 Å². The van der Waals surface area contributed by atoms with E-state index in [9.17, 15) is 9.90 Å². The number of hydrogen-bond acceptors (Lipinski definition) is 4. The molecule has 0 unspecified atom stereocenters. The van der Waals surface area contributed by atoms with Gasteiger partial charge in [-0.1, -0.05) is 54.6 Å². The summed E-state index contributed by atoms with van der Waals surface area (Å²) >= 11 is 0. The number of anilines is 2. The third-order valence-electron chi connectivity index (χ3n) is 4.35. The smallest absolute Gasteiger partial charge is 0.337 e. The van der Waals surface area contributed by atoms with Crippen LogP contribution in [0.4, 0.5) is 22.7 Å². The summed E-state index contributed by atoms with van der Waals surface area (Å²) in [6.07, 6.45) is 0. The van der Waals surface area contributed by atoms with Crippen LogP contribution in [0.2, 0.25) is 0 Å². The lowest BCUT2D eigenvalue weighted by Crippen LogP contribution is -1.95. The van der Waals surface area contributed by atoms with Crippen molar-refractivity contribution in [2.75, 3.05) is 5.32 Å². The van der Waals surface area contributed by atoms with E-state index < -0.39 is 5.97 Å². The molecule has 4 rings (SSSR count). The highest BCUT2D eigenvalue weighted by Gasteiger charge is 2.09. The predicted molar refractivity (Wildman–Crippen MR) is 111 cm³/mol. The number of carbonyl (C=O) groups is 1. The molecule has 0 saturated carbocycles. The molecular weight excluding hydrogens is 350 g/mol. The molecule has 0 fully saturated rings. The fourth-order valence-corrected chi connectivity index (χ4v) is 3.01. The van der Waals surface area contributed by atoms with Gasteiger partial charge in [-0.3, -0.25) is 0 Å². The van der Waals surface area contributed by atoms with Crippen LogP contribution in [0.5, 0.6) is 0 Å². The number of para-hydroxylation sites is 1. The summed E-state index contributed by atoms with van der Waals surface area (Å²) in [7, 11) is 0. The molecule has 4 aromatic carbocycles. The molecule has 0 aliphatic carbocycles. The fraction of sp³-hybridized carbons (Fsp3) is 0. The second-order valence-electron chi connectivity index (χ2n) is 6.19. The van der Waals surface area contributed by atoms with Gasteiger partial charge in [-0.15, -0.1) is 10.2 Å². The van der Waals surface area contributed by atoms with E-state index in [0.29, 0.717) is 11.4 Å². The first-order valence-electron chi connectivity index (χ1n) is 8.80. The van der Waals surface area contributed by atoms with Gasteiger partial charge in [-0.2, -0.15) is 0 Å². The molecule has 2 N–H and O–H groups in total. The van der Waals surface area contributed by atoms with Gasteiger partial charge >= 0.3 is 5.97 Å². The largest absolute Gasteiger partial charge is 0.478 e. The standard InChI is InChI=1S/C23H17N3O2/c27-23(28)19-12-6-7-13-21(19)25-26-22-15-14-20(17-10-4-5-11-18(17)22)24-16-8-2-1-3-9-16/h1-15,24H,(H,27,28). The summed E-state index contributed by atoms with van der Waals surface area (Å²) in [5.41, 5.74) is 3.09. The summed E-state index contributed by atoms with van der Waals surface area (Å²) in [5.74, 6) is -1.03. The molecule has 0 bridgehead atoms. The quantitative estimate of drug-likeness (QED) is 0.386. The van der Waals surface area contributed by atoms with E-state index in [1.807, 2.05) is 66.7 Å². The van der Waals surface area contributed by atoms with E-state index in [-0.39, 0.29) is 5.56 Å². The highest BCUT2D eigenvalue weighted by Crippen LogP contribution is 2.34. The van der Waals surface area contributed by atoms with Gasteiger partial charge in [0, 0.05) is 22.1 Å². The summed E-state index contributed by atoms with van der Waals surface area (Å²) in [6, 6.07) is 28.2. The molecule has 0 spiro atoms. The number of benzene rings is 4. The van der Waals surface area contributed by atoms with Crippen LogP contribution < -0.4 is 5.32 Å². The van der Waals surface area contributed by atoms with Gasteiger partial charge in [0.2, 0.25) is 0 Å². The second-order valence-corrected chi connectivity index (χ2v) is 6.19. The molecule has 0 atom stereocenters. The van der Waals surface area contributed by atoms with Gasteiger partial charge in [-0.25, -0.2) is 4.79 Å². The Hall–Kier alpha value is -3.99. The number of rotatable bonds is 5. The van der Waals surface area contributed by atoms with Crippen molar-refractivity contribution < 1.29 is 9.90 Å². The van der Waals surface area contributed by atoms with E-state index >= 15 is 0 Å². The van der Waals surface area contributed by atoms with E-state index in [4.69, 9.17) is 0 Å². The molecule has 136 valence electrons. The van der Waals surface area contributed by atoms with Crippen LogP contribution in [0.25, 0.3) is 10.8 Å². The van der Waals surface area contributed by atoms with Crippen molar-refractivity contribution >= 4 is 39.5 Å². The zero-order valence-corrected chi connectivity index (χ0v) is 14.9. The maximum Gasteiger partial charge on any atom is 0.337 e. The molecule has 0 aromatic heterocycles. The lowest BCUT2D eigenvalue weighted by atomic mass is 10.1. The third kappa shape index (κ3) is 3.59. The topological polar surface area (TPSA) is 74.0 Å². The summed E-state index contributed by atoms with van der Waals surface area (Å²) in [4.78, 5) is 11.4. The van der Waals surface area contributed by atoms with E-state index in [1.54, 1.807) is 18.2 Å². The molecule has 0 saturated heterocycles. The average molecular weight is 367 g/mol. The number of carboxylic acid groups (broad SMARTS) is 1. The first kappa shape index (κ1) is 17.4. The number of hydrogen-bond donors (Lipinski definition) is 2. The van der Waals surface area contributed by atoms with Gasteiger partial charge in [0.25, 0.3) is 0 Å². The average Bonchev–Trinajstić information content (AvgIpc) is 2.74. The number of azo groups is 1. The molecule has 5 heteroatoms. The summed E-state index contributed by atoms with van der Waals surface area (Å²) in [6.45, 7) is 0. The number of fused-ring (bicyclic) bond motifs is 1. The molecule has 0 amide bonds. The molecule has 0 aliphatic heterocycles. The Labute approximate surface area is 162 Å². The summed E-state index contributed by atoms with van der Waals surface area (Å²) < 4.78 is 0. The molecule has 0 heterocycles. The van der Waals surface area contributed by atoms with E-state index in [2.05, 4.69) is 15.5 Å². The zero-order chi connectivity index (χ0) is 19.3. The Morgan fingerprint density at radius 3 is 2.11 bits per heavy atom. The highest BCUT2D eigenvalue weighted by molar-refractivity contribution is 6.01. The lowest BCUT2D eigenvalue weighted by molar-refractivity contribution is 0.0697.